The van der Waals surface area contributed by atoms with Crippen LogP contribution < -0.4 is 15.2 Å². The number of methoxy groups -OCH3 is 1. The Morgan fingerprint density at radius 2 is 2.27 bits per heavy atom. The van der Waals surface area contributed by atoms with E-state index in [0.717, 1.165) is 31.5 Å². The maximum atomic E-state index is 13.0. The van der Waals surface area contributed by atoms with E-state index < -0.39 is 0 Å². The van der Waals surface area contributed by atoms with Crippen molar-refractivity contribution in [3.8, 4) is 11.5 Å². The molecule has 6 nitrogen and oxygen atoms in total. The zero-order valence-corrected chi connectivity index (χ0v) is 16.0. The molecule has 1 aliphatic rings. The summed E-state index contributed by atoms with van der Waals surface area (Å²) in [4.78, 5) is 19.1. The number of hydrogen-bond acceptors (Lipinski definition) is 6. The van der Waals surface area contributed by atoms with E-state index in [9.17, 15) is 4.79 Å². The normalized spacial score (nSPS) is 18.4. The lowest BCUT2D eigenvalue weighted by molar-refractivity contribution is 0.0583. The molecule has 1 aromatic heterocycles. The van der Waals surface area contributed by atoms with Crippen molar-refractivity contribution in [1.29, 1.82) is 0 Å². The SMILES string of the molecule is COc1cc(C(=O)N2CCCCC2C(C)N)ccc1OCc1cscn1. The molecule has 0 radical (unpaired) electrons. The van der Waals surface area contributed by atoms with E-state index in [1.807, 2.05) is 17.2 Å². The molecular weight excluding hydrogens is 350 g/mol. The standard InChI is InChI=1S/C19H25N3O3S/c1-13(20)16-5-3-4-8-22(16)19(23)14-6-7-17(18(9-14)24-2)25-10-15-11-26-12-21-15/h6-7,9,11-13,16H,3-5,8,10,20H2,1-2H3. The summed E-state index contributed by atoms with van der Waals surface area (Å²) in [5, 5.41) is 1.94. The van der Waals surface area contributed by atoms with E-state index in [0.29, 0.717) is 23.7 Å². The van der Waals surface area contributed by atoms with E-state index >= 15 is 0 Å². The summed E-state index contributed by atoms with van der Waals surface area (Å²) in [5.74, 6) is 1.14. The smallest absolute Gasteiger partial charge is 0.254 e. The number of carbonyl (C=O) groups excluding carboxylic acids is 1. The summed E-state index contributed by atoms with van der Waals surface area (Å²) in [6.07, 6.45) is 3.08. The van der Waals surface area contributed by atoms with Gasteiger partial charge in [0.15, 0.2) is 11.5 Å². The first-order valence-corrected chi connectivity index (χ1v) is 9.79. The molecule has 26 heavy (non-hydrogen) atoms. The van der Waals surface area contributed by atoms with Gasteiger partial charge in [0, 0.05) is 29.6 Å². The molecule has 1 amide bonds. The minimum Gasteiger partial charge on any atom is -0.493 e. The second-order valence-electron chi connectivity index (χ2n) is 6.55. The molecule has 140 valence electrons. The van der Waals surface area contributed by atoms with Crippen LogP contribution in [0.4, 0.5) is 0 Å². The average molecular weight is 375 g/mol. The highest BCUT2D eigenvalue weighted by molar-refractivity contribution is 7.07. The topological polar surface area (TPSA) is 77.7 Å². The molecule has 2 N–H and O–H groups in total. The maximum Gasteiger partial charge on any atom is 0.254 e. The Balaban J connectivity index is 1.76. The summed E-state index contributed by atoms with van der Waals surface area (Å²) in [6, 6.07) is 5.35. The molecule has 0 aliphatic carbocycles. The third kappa shape index (κ3) is 4.16. The van der Waals surface area contributed by atoms with Gasteiger partial charge >= 0.3 is 0 Å². The van der Waals surface area contributed by atoms with Crippen LogP contribution in [-0.2, 0) is 6.61 Å². The lowest BCUT2D eigenvalue weighted by Gasteiger charge is -2.38. The Hall–Kier alpha value is -2.12. The lowest BCUT2D eigenvalue weighted by atomic mass is 9.96. The molecule has 3 rings (SSSR count). The third-order valence-electron chi connectivity index (χ3n) is 4.69. The van der Waals surface area contributed by atoms with Crippen LogP contribution in [0.5, 0.6) is 11.5 Å². The first-order valence-electron chi connectivity index (χ1n) is 8.84. The van der Waals surface area contributed by atoms with Crippen molar-refractivity contribution in [2.75, 3.05) is 13.7 Å². The van der Waals surface area contributed by atoms with E-state index in [-0.39, 0.29) is 18.0 Å². The molecule has 1 fully saturated rings. The van der Waals surface area contributed by atoms with E-state index in [4.69, 9.17) is 15.2 Å². The van der Waals surface area contributed by atoms with Gasteiger partial charge in [-0.15, -0.1) is 11.3 Å². The summed E-state index contributed by atoms with van der Waals surface area (Å²) in [5.41, 5.74) is 9.32. The lowest BCUT2D eigenvalue weighted by Crippen LogP contribution is -2.51. The van der Waals surface area contributed by atoms with Crippen LogP contribution in [0.2, 0.25) is 0 Å². The monoisotopic (exact) mass is 375 g/mol. The number of nitrogens with zero attached hydrogens (tertiary/aromatic N) is 2. The van der Waals surface area contributed by atoms with Gasteiger partial charge in [-0.3, -0.25) is 4.79 Å². The highest BCUT2D eigenvalue weighted by Gasteiger charge is 2.30. The Morgan fingerprint density at radius 3 is 2.96 bits per heavy atom. The largest absolute Gasteiger partial charge is 0.493 e. The Bertz CT molecular complexity index is 734. The van der Waals surface area contributed by atoms with Crippen molar-refractivity contribution < 1.29 is 14.3 Å². The number of thiazole rings is 1. The zero-order valence-electron chi connectivity index (χ0n) is 15.2. The van der Waals surface area contributed by atoms with Gasteiger partial charge < -0.3 is 20.1 Å². The van der Waals surface area contributed by atoms with Gasteiger partial charge in [0.05, 0.1) is 18.3 Å². The number of likely N-dealkylation sites (tertiary alicyclic amines) is 1. The molecule has 0 spiro atoms. The van der Waals surface area contributed by atoms with Gasteiger partial charge in [-0.05, 0) is 44.4 Å². The second-order valence-corrected chi connectivity index (χ2v) is 7.27. The molecule has 2 atom stereocenters. The zero-order chi connectivity index (χ0) is 18.5. The first-order chi connectivity index (χ1) is 12.6. The fraction of sp³-hybridized carbons (Fsp3) is 0.474. The van der Waals surface area contributed by atoms with Crippen LogP contribution in [0.1, 0.15) is 42.2 Å². The molecule has 2 aromatic rings. The van der Waals surface area contributed by atoms with Crippen molar-refractivity contribution >= 4 is 17.2 Å². The van der Waals surface area contributed by atoms with Crippen molar-refractivity contribution in [1.82, 2.24) is 9.88 Å². The Morgan fingerprint density at radius 1 is 1.42 bits per heavy atom. The van der Waals surface area contributed by atoms with Crippen LogP contribution in [0.15, 0.2) is 29.1 Å². The van der Waals surface area contributed by atoms with Crippen molar-refractivity contribution in [3.05, 3.63) is 40.3 Å². The maximum absolute atomic E-state index is 13.0. The van der Waals surface area contributed by atoms with Gasteiger partial charge in [0.2, 0.25) is 0 Å². The van der Waals surface area contributed by atoms with E-state index in [1.54, 1.807) is 30.8 Å². The van der Waals surface area contributed by atoms with Crippen LogP contribution in [0, 0.1) is 0 Å². The molecule has 0 saturated carbocycles. The summed E-state index contributed by atoms with van der Waals surface area (Å²) < 4.78 is 11.2. The number of nitrogens with two attached hydrogens (primary N) is 1. The first kappa shape index (κ1) is 18.7. The van der Waals surface area contributed by atoms with Crippen molar-refractivity contribution in [3.63, 3.8) is 0 Å². The number of carbonyl (C=O) groups is 1. The molecule has 1 aromatic carbocycles. The minimum absolute atomic E-state index is 0.00338. The predicted octanol–water partition coefficient (Wildman–Crippen LogP) is 3.07. The van der Waals surface area contributed by atoms with Gasteiger partial charge in [-0.1, -0.05) is 0 Å². The second kappa shape index (κ2) is 8.51. The van der Waals surface area contributed by atoms with E-state index in [2.05, 4.69) is 4.98 Å². The number of ether oxygens (including phenoxy) is 2. The summed E-state index contributed by atoms with van der Waals surface area (Å²) >= 11 is 1.53. The average Bonchev–Trinajstić information content (AvgIpc) is 3.19. The number of benzene rings is 1. The molecular formula is C19H25N3O3S. The number of hydrogen-bond donors (Lipinski definition) is 1. The van der Waals surface area contributed by atoms with Gasteiger partial charge in [0.1, 0.15) is 6.61 Å². The highest BCUT2D eigenvalue weighted by atomic mass is 32.1. The molecule has 2 unspecified atom stereocenters. The summed E-state index contributed by atoms with van der Waals surface area (Å²) in [7, 11) is 1.57. The number of rotatable bonds is 6. The predicted molar refractivity (Wildman–Crippen MR) is 102 cm³/mol. The van der Waals surface area contributed by atoms with Gasteiger partial charge in [-0.2, -0.15) is 0 Å². The van der Waals surface area contributed by atoms with E-state index in [1.165, 1.54) is 11.3 Å². The third-order valence-corrected chi connectivity index (χ3v) is 5.32. The molecule has 2 heterocycles. The molecule has 1 aliphatic heterocycles. The summed E-state index contributed by atoms with van der Waals surface area (Å²) in [6.45, 7) is 3.08. The molecule has 7 heteroatoms. The minimum atomic E-state index is -0.0399. The van der Waals surface area contributed by atoms with Gasteiger partial charge in [0.25, 0.3) is 5.91 Å². The highest BCUT2D eigenvalue weighted by Crippen LogP contribution is 2.30. The van der Waals surface area contributed by atoms with Crippen molar-refractivity contribution in [2.45, 2.75) is 44.9 Å². The van der Waals surface area contributed by atoms with Gasteiger partial charge in [-0.25, -0.2) is 4.98 Å². The Labute approximate surface area is 157 Å². The molecule has 1 saturated heterocycles. The fourth-order valence-corrected chi connectivity index (χ4v) is 3.85. The van der Waals surface area contributed by atoms with Crippen LogP contribution >= 0.6 is 11.3 Å². The number of piperidine rings is 1. The van der Waals surface area contributed by atoms with Crippen molar-refractivity contribution in [2.24, 2.45) is 5.73 Å². The van der Waals surface area contributed by atoms with Crippen LogP contribution in [-0.4, -0.2) is 41.5 Å². The molecule has 0 bridgehead atoms. The Kier molecular flexibility index (Phi) is 6.11. The van der Waals surface area contributed by atoms with Crippen LogP contribution in [0.25, 0.3) is 0 Å². The number of aromatic nitrogens is 1. The quantitative estimate of drug-likeness (QED) is 0.839. The number of amides is 1. The van der Waals surface area contributed by atoms with Crippen LogP contribution in [0.3, 0.4) is 0 Å². The fourth-order valence-electron chi connectivity index (χ4n) is 3.30.